The SMILES string of the molecule is CCC(C)N1CC(NC)C1. The lowest BCUT2D eigenvalue weighted by Gasteiger charge is -2.42. The molecule has 0 amide bonds. The van der Waals surface area contributed by atoms with Crippen LogP contribution in [-0.4, -0.2) is 37.1 Å². The van der Waals surface area contributed by atoms with Crippen molar-refractivity contribution in [3.8, 4) is 0 Å². The maximum atomic E-state index is 3.27. The van der Waals surface area contributed by atoms with Crippen LogP contribution in [0.2, 0.25) is 0 Å². The van der Waals surface area contributed by atoms with Gasteiger partial charge in [-0.2, -0.15) is 0 Å². The average molecular weight is 142 g/mol. The first-order valence-electron chi connectivity index (χ1n) is 4.19. The van der Waals surface area contributed by atoms with E-state index in [1.54, 1.807) is 0 Å². The summed E-state index contributed by atoms with van der Waals surface area (Å²) in [5.41, 5.74) is 0. The molecule has 2 heteroatoms. The van der Waals surface area contributed by atoms with E-state index in [0.29, 0.717) is 0 Å². The van der Waals surface area contributed by atoms with Gasteiger partial charge in [0.1, 0.15) is 0 Å². The molecule has 0 saturated carbocycles. The molecular formula is C8H18N2. The van der Waals surface area contributed by atoms with E-state index in [2.05, 4.69) is 24.1 Å². The van der Waals surface area contributed by atoms with Gasteiger partial charge in [0.05, 0.1) is 0 Å². The van der Waals surface area contributed by atoms with E-state index in [1.165, 1.54) is 19.5 Å². The second-order valence-electron chi connectivity index (χ2n) is 3.20. The summed E-state index contributed by atoms with van der Waals surface area (Å²) >= 11 is 0. The van der Waals surface area contributed by atoms with Gasteiger partial charge in [0.2, 0.25) is 0 Å². The third-order valence-corrected chi connectivity index (χ3v) is 2.53. The highest BCUT2D eigenvalue weighted by Crippen LogP contribution is 2.13. The Hall–Kier alpha value is -0.0800. The molecule has 0 bridgehead atoms. The van der Waals surface area contributed by atoms with Gasteiger partial charge in [0.15, 0.2) is 0 Å². The molecular weight excluding hydrogens is 124 g/mol. The highest BCUT2D eigenvalue weighted by molar-refractivity contribution is 4.87. The Bertz CT molecular complexity index is 97.4. The lowest BCUT2D eigenvalue weighted by atomic mass is 10.1. The lowest BCUT2D eigenvalue weighted by Crippen LogP contribution is -2.59. The molecule has 0 aromatic heterocycles. The van der Waals surface area contributed by atoms with Crippen LogP contribution >= 0.6 is 0 Å². The van der Waals surface area contributed by atoms with E-state index in [0.717, 1.165) is 12.1 Å². The van der Waals surface area contributed by atoms with Crippen molar-refractivity contribution in [1.29, 1.82) is 0 Å². The summed E-state index contributed by atoms with van der Waals surface area (Å²) in [6, 6.07) is 1.54. The summed E-state index contributed by atoms with van der Waals surface area (Å²) in [7, 11) is 2.04. The second-order valence-corrected chi connectivity index (χ2v) is 3.20. The molecule has 1 aliphatic heterocycles. The fourth-order valence-corrected chi connectivity index (χ4v) is 1.31. The van der Waals surface area contributed by atoms with Crippen LogP contribution in [0.15, 0.2) is 0 Å². The van der Waals surface area contributed by atoms with Crippen LogP contribution in [0.5, 0.6) is 0 Å². The Balaban J connectivity index is 2.13. The molecule has 2 nitrogen and oxygen atoms in total. The standard InChI is InChI=1S/C8H18N2/c1-4-7(2)10-5-8(6-10)9-3/h7-9H,4-6H2,1-3H3. The first-order chi connectivity index (χ1) is 4.77. The summed E-state index contributed by atoms with van der Waals surface area (Å²) < 4.78 is 0. The van der Waals surface area contributed by atoms with E-state index in [9.17, 15) is 0 Å². The zero-order valence-corrected chi connectivity index (χ0v) is 7.22. The molecule has 1 aliphatic rings. The Morgan fingerprint density at radius 2 is 2.20 bits per heavy atom. The predicted molar refractivity (Wildman–Crippen MR) is 44.2 cm³/mol. The van der Waals surface area contributed by atoms with Gasteiger partial charge in [-0.15, -0.1) is 0 Å². The van der Waals surface area contributed by atoms with Crippen LogP contribution in [0, 0.1) is 0 Å². The van der Waals surface area contributed by atoms with Gasteiger partial charge in [0, 0.05) is 25.2 Å². The van der Waals surface area contributed by atoms with E-state index in [4.69, 9.17) is 0 Å². The normalized spacial score (nSPS) is 24.3. The van der Waals surface area contributed by atoms with Crippen LogP contribution in [-0.2, 0) is 0 Å². The summed E-state index contributed by atoms with van der Waals surface area (Å²) in [6.45, 7) is 7.03. The fraction of sp³-hybridized carbons (Fsp3) is 1.00. The number of nitrogens with zero attached hydrogens (tertiary/aromatic N) is 1. The van der Waals surface area contributed by atoms with Crippen LogP contribution in [0.4, 0.5) is 0 Å². The number of hydrogen-bond acceptors (Lipinski definition) is 2. The van der Waals surface area contributed by atoms with Crippen molar-refractivity contribution in [2.24, 2.45) is 0 Å². The van der Waals surface area contributed by atoms with Crippen LogP contribution in [0.1, 0.15) is 20.3 Å². The van der Waals surface area contributed by atoms with E-state index >= 15 is 0 Å². The van der Waals surface area contributed by atoms with Crippen LogP contribution in [0.25, 0.3) is 0 Å². The highest BCUT2D eigenvalue weighted by atomic mass is 15.3. The largest absolute Gasteiger partial charge is 0.315 e. The lowest BCUT2D eigenvalue weighted by molar-refractivity contribution is 0.0861. The molecule has 1 saturated heterocycles. The fourth-order valence-electron chi connectivity index (χ4n) is 1.31. The predicted octanol–water partition coefficient (Wildman–Crippen LogP) is 0.688. The minimum atomic E-state index is 0.758. The zero-order valence-electron chi connectivity index (χ0n) is 7.22. The van der Waals surface area contributed by atoms with Gasteiger partial charge in [0.25, 0.3) is 0 Å². The molecule has 1 N–H and O–H groups in total. The maximum absolute atomic E-state index is 3.27. The van der Waals surface area contributed by atoms with Gasteiger partial charge in [-0.1, -0.05) is 6.92 Å². The quantitative estimate of drug-likeness (QED) is 0.623. The number of rotatable bonds is 3. The first kappa shape index (κ1) is 8.02. The molecule has 0 spiro atoms. The molecule has 1 rings (SSSR count). The molecule has 1 heterocycles. The Morgan fingerprint density at radius 1 is 1.60 bits per heavy atom. The number of likely N-dealkylation sites (N-methyl/N-ethyl adjacent to an activating group) is 1. The highest BCUT2D eigenvalue weighted by Gasteiger charge is 2.27. The third kappa shape index (κ3) is 1.50. The Kier molecular flexibility index (Phi) is 2.69. The Labute approximate surface area is 63.6 Å². The smallest absolute Gasteiger partial charge is 0.0320 e. The van der Waals surface area contributed by atoms with Gasteiger partial charge in [-0.05, 0) is 20.4 Å². The first-order valence-corrected chi connectivity index (χ1v) is 4.19. The molecule has 1 fully saturated rings. The summed E-state index contributed by atoms with van der Waals surface area (Å²) in [6.07, 6.45) is 1.27. The summed E-state index contributed by atoms with van der Waals surface area (Å²) in [4.78, 5) is 2.52. The molecule has 0 aromatic carbocycles. The van der Waals surface area contributed by atoms with Gasteiger partial charge >= 0.3 is 0 Å². The topological polar surface area (TPSA) is 15.3 Å². The van der Waals surface area contributed by atoms with E-state index < -0.39 is 0 Å². The van der Waals surface area contributed by atoms with Crippen molar-refractivity contribution >= 4 is 0 Å². The van der Waals surface area contributed by atoms with Crippen LogP contribution in [0.3, 0.4) is 0 Å². The molecule has 1 atom stereocenters. The van der Waals surface area contributed by atoms with Gasteiger partial charge in [-0.25, -0.2) is 0 Å². The number of hydrogen-bond donors (Lipinski definition) is 1. The summed E-state index contributed by atoms with van der Waals surface area (Å²) in [5.74, 6) is 0. The second kappa shape index (κ2) is 3.35. The summed E-state index contributed by atoms with van der Waals surface area (Å²) in [5, 5.41) is 3.27. The Morgan fingerprint density at radius 3 is 2.60 bits per heavy atom. The zero-order chi connectivity index (χ0) is 7.56. The van der Waals surface area contributed by atoms with Crippen LogP contribution < -0.4 is 5.32 Å². The van der Waals surface area contributed by atoms with Crippen molar-refractivity contribution < 1.29 is 0 Å². The van der Waals surface area contributed by atoms with Crippen molar-refractivity contribution in [2.75, 3.05) is 20.1 Å². The van der Waals surface area contributed by atoms with E-state index in [1.807, 2.05) is 7.05 Å². The minimum absolute atomic E-state index is 0.758. The molecule has 0 aliphatic carbocycles. The molecule has 0 radical (unpaired) electrons. The number of likely N-dealkylation sites (tertiary alicyclic amines) is 1. The van der Waals surface area contributed by atoms with E-state index in [-0.39, 0.29) is 0 Å². The molecule has 10 heavy (non-hydrogen) atoms. The van der Waals surface area contributed by atoms with Crippen molar-refractivity contribution in [1.82, 2.24) is 10.2 Å². The average Bonchev–Trinajstić information content (AvgIpc) is 1.85. The maximum Gasteiger partial charge on any atom is 0.0320 e. The van der Waals surface area contributed by atoms with Gasteiger partial charge in [-0.3, -0.25) is 4.90 Å². The van der Waals surface area contributed by atoms with Crippen molar-refractivity contribution in [3.63, 3.8) is 0 Å². The third-order valence-electron chi connectivity index (χ3n) is 2.53. The van der Waals surface area contributed by atoms with Crippen molar-refractivity contribution in [3.05, 3.63) is 0 Å². The van der Waals surface area contributed by atoms with Gasteiger partial charge < -0.3 is 5.32 Å². The molecule has 1 unspecified atom stereocenters. The number of nitrogens with one attached hydrogen (secondary N) is 1. The molecule has 0 aromatic rings. The van der Waals surface area contributed by atoms with Crippen molar-refractivity contribution in [2.45, 2.75) is 32.4 Å². The minimum Gasteiger partial charge on any atom is -0.315 e. The molecule has 60 valence electrons. The monoisotopic (exact) mass is 142 g/mol.